The maximum Gasteiger partial charge on any atom is 0.146 e. The lowest BCUT2D eigenvalue weighted by molar-refractivity contribution is 0.157. The van der Waals surface area contributed by atoms with Gasteiger partial charge in [-0.05, 0) is 31.2 Å². The van der Waals surface area contributed by atoms with Crippen LogP contribution in [0.1, 0.15) is 49.2 Å². The van der Waals surface area contributed by atoms with Crippen molar-refractivity contribution in [1.82, 2.24) is 19.3 Å². The molecule has 1 aliphatic rings. The van der Waals surface area contributed by atoms with Gasteiger partial charge in [0.05, 0.1) is 12.6 Å². The van der Waals surface area contributed by atoms with E-state index >= 15 is 0 Å². The van der Waals surface area contributed by atoms with E-state index in [-0.39, 0.29) is 6.10 Å². The number of nitrogens with zero attached hydrogens (tertiary/aromatic N) is 4. The van der Waals surface area contributed by atoms with Crippen LogP contribution in [0.5, 0.6) is 0 Å². The molecule has 5 heteroatoms. The number of aryl methyl sites for hydroxylation is 2. The Morgan fingerprint density at radius 2 is 2.32 bits per heavy atom. The molecule has 0 bridgehead atoms. The Morgan fingerprint density at radius 3 is 3.11 bits per heavy atom. The molecule has 0 aromatic carbocycles. The SMILES string of the molecule is CCCn1ncnc1Cn1cc2c(c1)C(O)CCC2. The minimum Gasteiger partial charge on any atom is -0.388 e. The van der Waals surface area contributed by atoms with Crippen LogP contribution in [0.2, 0.25) is 0 Å². The number of hydrogen-bond donors (Lipinski definition) is 1. The summed E-state index contributed by atoms with van der Waals surface area (Å²) in [4.78, 5) is 4.32. The molecule has 2 aromatic heterocycles. The van der Waals surface area contributed by atoms with Gasteiger partial charge in [0.15, 0.2) is 0 Å². The van der Waals surface area contributed by atoms with E-state index in [1.54, 1.807) is 6.33 Å². The van der Waals surface area contributed by atoms with E-state index in [1.165, 1.54) is 5.56 Å². The average Bonchev–Trinajstić information content (AvgIpc) is 2.98. The zero-order chi connectivity index (χ0) is 13.2. The molecule has 102 valence electrons. The maximum atomic E-state index is 9.99. The van der Waals surface area contributed by atoms with Gasteiger partial charge in [-0.25, -0.2) is 9.67 Å². The minimum atomic E-state index is -0.293. The minimum absolute atomic E-state index is 0.293. The average molecular weight is 260 g/mol. The molecule has 2 aromatic rings. The Labute approximate surface area is 112 Å². The number of aromatic nitrogens is 4. The monoisotopic (exact) mass is 260 g/mol. The molecule has 1 unspecified atom stereocenters. The quantitative estimate of drug-likeness (QED) is 0.913. The predicted octanol–water partition coefficient (Wildman–Crippen LogP) is 1.91. The molecule has 0 saturated heterocycles. The molecule has 3 rings (SSSR count). The molecule has 1 atom stereocenters. The second kappa shape index (κ2) is 5.17. The van der Waals surface area contributed by atoms with Gasteiger partial charge in [-0.1, -0.05) is 6.92 Å². The van der Waals surface area contributed by atoms with Gasteiger partial charge in [0, 0.05) is 24.5 Å². The van der Waals surface area contributed by atoms with Crippen LogP contribution in [0.3, 0.4) is 0 Å². The highest BCUT2D eigenvalue weighted by molar-refractivity contribution is 5.29. The third-order valence-corrected chi connectivity index (χ3v) is 3.74. The number of rotatable bonds is 4. The summed E-state index contributed by atoms with van der Waals surface area (Å²) in [5.74, 6) is 0.976. The van der Waals surface area contributed by atoms with Gasteiger partial charge in [-0.15, -0.1) is 0 Å². The Balaban J connectivity index is 1.81. The third-order valence-electron chi connectivity index (χ3n) is 3.74. The summed E-state index contributed by atoms with van der Waals surface area (Å²) in [7, 11) is 0. The first-order chi connectivity index (χ1) is 9.28. The second-order valence-electron chi connectivity index (χ2n) is 5.22. The second-order valence-corrected chi connectivity index (χ2v) is 5.22. The topological polar surface area (TPSA) is 55.9 Å². The van der Waals surface area contributed by atoms with E-state index in [4.69, 9.17) is 0 Å². The summed E-state index contributed by atoms with van der Waals surface area (Å²) >= 11 is 0. The molecule has 0 spiro atoms. The lowest BCUT2D eigenvalue weighted by Crippen LogP contribution is -2.09. The van der Waals surface area contributed by atoms with Crippen molar-refractivity contribution >= 4 is 0 Å². The Morgan fingerprint density at radius 1 is 1.42 bits per heavy atom. The van der Waals surface area contributed by atoms with Crippen molar-refractivity contribution < 1.29 is 5.11 Å². The molecule has 0 amide bonds. The molecule has 0 radical (unpaired) electrons. The molecular formula is C14H20N4O. The zero-order valence-electron chi connectivity index (χ0n) is 11.3. The highest BCUT2D eigenvalue weighted by atomic mass is 16.3. The van der Waals surface area contributed by atoms with E-state index in [1.807, 2.05) is 4.68 Å². The molecule has 0 saturated carbocycles. The highest BCUT2D eigenvalue weighted by Gasteiger charge is 2.20. The summed E-state index contributed by atoms with van der Waals surface area (Å²) in [6.45, 7) is 3.76. The lowest BCUT2D eigenvalue weighted by atomic mass is 9.93. The molecule has 0 aliphatic heterocycles. The van der Waals surface area contributed by atoms with Gasteiger partial charge >= 0.3 is 0 Å². The first-order valence-corrected chi connectivity index (χ1v) is 7.01. The summed E-state index contributed by atoms with van der Waals surface area (Å²) < 4.78 is 4.07. The number of hydrogen-bond acceptors (Lipinski definition) is 3. The Kier molecular flexibility index (Phi) is 3.38. The normalized spacial score (nSPS) is 18.5. The molecule has 1 aliphatic carbocycles. The predicted molar refractivity (Wildman–Crippen MR) is 71.7 cm³/mol. The number of fused-ring (bicyclic) bond motifs is 1. The van der Waals surface area contributed by atoms with Crippen LogP contribution in [-0.2, 0) is 19.5 Å². The van der Waals surface area contributed by atoms with Crippen molar-refractivity contribution in [2.45, 2.75) is 51.8 Å². The fourth-order valence-corrected chi connectivity index (χ4v) is 2.79. The summed E-state index contributed by atoms with van der Waals surface area (Å²) in [5.41, 5.74) is 2.37. The van der Waals surface area contributed by atoms with Crippen LogP contribution in [0.15, 0.2) is 18.7 Å². The van der Waals surface area contributed by atoms with E-state index in [2.05, 4.69) is 34.0 Å². The van der Waals surface area contributed by atoms with Gasteiger partial charge in [0.2, 0.25) is 0 Å². The molecule has 5 nitrogen and oxygen atoms in total. The standard InChI is InChI=1S/C14H20N4O/c1-2-6-18-14(15-10-16-18)9-17-7-11-4-3-5-13(19)12(11)8-17/h7-8,10,13,19H,2-6,9H2,1H3. The van der Waals surface area contributed by atoms with Crippen LogP contribution in [0, 0.1) is 0 Å². The van der Waals surface area contributed by atoms with Crippen molar-refractivity contribution in [3.8, 4) is 0 Å². The smallest absolute Gasteiger partial charge is 0.146 e. The van der Waals surface area contributed by atoms with E-state index < -0.39 is 0 Å². The van der Waals surface area contributed by atoms with Crippen LogP contribution in [0.4, 0.5) is 0 Å². The summed E-state index contributed by atoms with van der Waals surface area (Å²) in [5, 5.41) is 14.2. The molecular weight excluding hydrogens is 240 g/mol. The number of aliphatic hydroxyl groups is 1. The summed E-state index contributed by atoms with van der Waals surface area (Å²) in [6.07, 6.45) is 9.60. The fourth-order valence-electron chi connectivity index (χ4n) is 2.79. The molecule has 1 N–H and O–H groups in total. The fraction of sp³-hybridized carbons (Fsp3) is 0.571. The van der Waals surface area contributed by atoms with E-state index in [0.717, 1.165) is 50.2 Å². The van der Waals surface area contributed by atoms with E-state index in [9.17, 15) is 5.11 Å². The van der Waals surface area contributed by atoms with Gasteiger partial charge in [-0.3, -0.25) is 0 Å². The summed E-state index contributed by atoms with van der Waals surface area (Å²) in [6, 6.07) is 0. The molecule has 2 heterocycles. The van der Waals surface area contributed by atoms with E-state index in [0.29, 0.717) is 0 Å². The zero-order valence-corrected chi connectivity index (χ0v) is 11.3. The van der Waals surface area contributed by atoms with Gasteiger partial charge < -0.3 is 9.67 Å². The van der Waals surface area contributed by atoms with Crippen LogP contribution >= 0.6 is 0 Å². The molecule has 19 heavy (non-hydrogen) atoms. The first-order valence-electron chi connectivity index (χ1n) is 7.01. The van der Waals surface area contributed by atoms with Crippen LogP contribution in [-0.4, -0.2) is 24.4 Å². The van der Waals surface area contributed by atoms with Crippen LogP contribution < -0.4 is 0 Å². The third kappa shape index (κ3) is 2.42. The maximum absolute atomic E-state index is 9.99. The Hall–Kier alpha value is -1.62. The number of aliphatic hydroxyl groups excluding tert-OH is 1. The van der Waals surface area contributed by atoms with Gasteiger partial charge in [0.1, 0.15) is 12.2 Å². The molecule has 0 fully saturated rings. The highest BCUT2D eigenvalue weighted by Crippen LogP contribution is 2.30. The van der Waals surface area contributed by atoms with Crippen molar-refractivity contribution in [3.63, 3.8) is 0 Å². The largest absolute Gasteiger partial charge is 0.388 e. The van der Waals surface area contributed by atoms with Crippen molar-refractivity contribution in [1.29, 1.82) is 0 Å². The Bertz CT molecular complexity index is 558. The van der Waals surface area contributed by atoms with Gasteiger partial charge in [-0.2, -0.15) is 5.10 Å². The first kappa shape index (κ1) is 12.4. The lowest BCUT2D eigenvalue weighted by Gasteiger charge is -2.16. The van der Waals surface area contributed by atoms with Crippen molar-refractivity contribution in [2.24, 2.45) is 0 Å². The van der Waals surface area contributed by atoms with Crippen molar-refractivity contribution in [3.05, 3.63) is 35.7 Å². The van der Waals surface area contributed by atoms with Crippen LogP contribution in [0.25, 0.3) is 0 Å². The van der Waals surface area contributed by atoms with Gasteiger partial charge in [0.25, 0.3) is 0 Å². The van der Waals surface area contributed by atoms with Crippen molar-refractivity contribution in [2.75, 3.05) is 0 Å².